The van der Waals surface area contributed by atoms with Crippen LogP contribution >= 0.6 is 15.9 Å². The summed E-state index contributed by atoms with van der Waals surface area (Å²) < 4.78 is 1.24. The van der Waals surface area contributed by atoms with Crippen molar-refractivity contribution in [1.82, 2.24) is 0 Å². The van der Waals surface area contributed by atoms with Crippen LogP contribution in [0.25, 0.3) is 0 Å². The summed E-state index contributed by atoms with van der Waals surface area (Å²) in [5.41, 5.74) is 9.01. The maximum absolute atomic E-state index is 5.93. The zero-order chi connectivity index (χ0) is 11.8. The molecule has 2 heteroatoms. The largest absolute Gasteiger partial charge is 0.330 e. The summed E-state index contributed by atoms with van der Waals surface area (Å²) >= 11 is 3.68. The van der Waals surface area contributed by atoms with Crippen molar-refractivity contribution >= 4 is 15.9 Å². The van der Waals surface area contributed by atoms with E-state index in [0.29, 0.717) is 5.92 Å². The Balaban J connectivity index is 2.34. The average Bonchev–Trinajstić information content (AvgIpc) is 2.16. The molecule has 2 rings (SSSR count). The molecule has 0 saturated heterocycles. The SMILES string of the molecule is CC(C)c1ccc(C2(CN)CCC2)cc1Br. The number of rotatable bonds is 3. The van der Waals surface area contributed by atoms with Crippen molar-refractivity contribution in [3.63, 3.8) is 0 Å². The Labute approximate surface area is 107 Å². The van der Waals surface area contributed by atoms with Crippen molar-refractivity contribution in [2.24, 2.45) is 5.73 Å². The molecule has 0 radical (unpaired) electrons. The molecule has 0 aliphatic heterocycles. The van der Waals surface area contributed by atoms with Crippen LogP contribution in [0.2, 0.25) is 0 Å². The lowest BCUT2D eigenvalue weighted by Gasteiger charge is -2.41. The van der Waals surface area contributed by atoms with Gasteiger partial charge in [0, 0.05) is 16.4 Å². The molecule has 0 spiro atoms. The third-order valence-electron chi connectivity index (χ3n) is 3.94. The third-order valence-corrected chi connectivity index (χ3v) is 4.62. The minimum absolute atomic E-state index is 0.276. The fourth-order valence-electron chi connectivity index (χ4n) is 2.54. The highest BCUT2D eigenvalue weighted by Gasteiger charge is 2.37. The summed E-state index contributed by atoms with van der Waals surface area (Å²) in [7, 11) is 0. The van der Waals surface area contributed by atoms with Gasteiger partial charge in [-0.2, -0.15) is 0 Å². The molecule has 1 fully saturated rings. The first-order valence-electron chi connectivity index (χ1n) is 6.09. The second-order valence-corrected chi connectivity index (χ2v) is 6.08. The molecule has 88 valence electrons. The van der Waals surface area contributed by atoms with E-state index in [-0.39, 0.29) is 5.41 Å². The van der Waals surface area contributed by atoms with Gasteiger partial charge in [-0.15, -0.1) is 0 Å². The Morgan fingerprint density at radius 2 is 2.06 bits per heavy atom. The minimum Gasteiger partial charge on any atom is -0.330 e. The second-order valence-electron chi connectivity index (χ2n) is 5.23. The first-order valence-corrected chi connectivity index (χ1v) is 6.88. The second kappa shape index (κ2) is 4.50. The maximum atomic E-state index is 5.93. The summed E-state index contributed by atoms with van der Waals surface area (Å²) in [5.74, 6) is 0.568. The van der Waals surface area contributed by atoms with Crippen molar-refractivity contribution in [2.45, 2.75) is 44.4 Å². The van der Waals surface area contributed by atoms with Gasteiger partial charge in [0.15, 0.2) is 0 Å². The minimum atomic E-state index is 0.276. The van der Waals surface area contributed by atoms with Gasteiger partial charge in [0.25, 0.3) is 0 Å². The quantitative estimate of drug-likeness (QED) is 0.892. The number of nitrogens with two attached hydrogens (primary N) is 1. The predicted molar refractivity (Wildman–Crippen MR) is 72.8 cm³/mol. The third kappa shape index (κ3) is 1.93. The fraction of sp³-hybridized carbons (Fsp3) is 0.571. The highest BCUT2D eigenvalue weighted by Crippen LogP contribution is 2.44. The Hall–Kier alpha value is -0.340. The number of benzene rings is 1. The lowest BCUT2D eigenvalue weighted by atomic mass is 9.64. The molecule has 0 bridgehead atoms. The monoisotopic (exact) mass is 281 g/mol. The van der Waals surface area contributed by atoms with Crippen molar-refractivity contribution < 1.29 is 0 Å². The van der Waals surface area contributed by atoms with Crippen molar-refractivity contribution in [3.05, 3.63) is 33.8 Å². The normalized spacial score (nSPS) is 18.6. The Morgan fingerprint density at radius 3 is 2.44 bits per heavy atom. The van der Waals surface area contributed by atoms with Crippen LogP contribution in [0.1, 0.15) is 50.2 Å². The van der Waals surface area contributed by atoms with E-state index in [0.717, 1.165) is 6.54 Å². The van der Waals surface area contributed by atoms with Crippen molar-refractivity contribution in [1.29, 1.82) is 0 Å². The molecule has 0 heterocycles. The smallest absolute Gasteiger partial charge is 0.0212 e. The summed E-state index contributed by atoms with van der Waals surface area (Å²) in [6, 6.07) is 6.80. The molecular weight excluding hydrogens is 262 g/mol. The van der Waals surface area contributed by atoms with Gasteiger partial charge in [-0.1, -0.05) is 48.3 Å². The van der Waals surface area contributed by atoms with Crippen LogP contribution in [0.5, 0.6) is 0 Å². The van der Waals surface area contributed by atoms with Crippen molar-refractivity contribution in [2.75, 3.05) is 6.54 Å². The van der Waals surface area contributed by atoms with Gasteiger partial charge in [0.1, 0.15) is 0 Å². The molecule has 1 saturated carbocycles. The Kier molecular flexibility index (Phi) is 3.41. The maximum Gasteiger partial charge on any atom is 0.0212 e. The first-order chi connectivity index (χ1) is 7.59. The van der Waals surface area contributed by atoms with Crippen LogP contribution in [0.4, 0.5) is 0 Å². The van der Waals surface area contributed by atoms with E-state index in [4.69, 9.17) is 5.73 Å². The van der Waals surface area contributed by atoms with Gasteiger partial charge >= 0.3 is 0 Å². The van der Waals surface area contributed by atoms with Gasteiger partial charge in [-0.3, -0.25) is 0 Å². The molecule has 1 aromatic carbocycles. The highest BCUT2D eigenvalue weighted by molar-refractivity contribution is 9.10. The van der Waals surface area contributed by atoms with Crippen LogP contribution in [0, 0.1) is 0 Å². The Bertz CT molecular complexity index is 375. The lowest BCUT2D eigenvalue weighted by Crippen LogP contribution is -2.41. The molecule has 1 aromatic rings. The number of hydrogen-bond acceptors (Lipinski definition) is 1. The van der Waals surface area contributed by atoms with Crippen LogP contribution in [0.15, 0.2) is 22.7 Å². The molecule has 2 N–H and O–H groups in total. The van der Waals surface area contributed by atoms with Crippen LogP contribution < -0.4 is 5.73 Å². The van der Waals surface area contributed by atoms with E-state index in [9.17, 15) is 0 Å². The average molecular weight is 282 g/mol. The molecule has 1 nitrogen and oxygen atoms in total. The summed E-state index contributed by atoms with van der Waals surface area (Å²) in [4.78, 5) is 0. The van der Waals surface area contributed by atoms with E-state index in [1.807, 2.05) is 0 Å². The van der Waals surface area contributed by atoms with E-state index in [2.05, 4.69) is 48.0 Å². The molecule has 0 aromatic heterocycles. The topological polar surface area (TPSA) is 26.0 Å². The van der Waals surface area contributed by atoms with Crippen molar-refractivity contribution in [3.8, 4) is 0 Å². The zero-order valence-corrected chi connectivity index (χ0v) is 11.7. The van der Waals surface area contributed by atoms with Gasteiger partial charge in [-0.25, -0.2) is 0 Å². The van der Waals surface area contributed by atoms with Gasteiger partial charge in [-0.05, 0) is 36.0 Å². The van der Waals surface area contributed by atoms with E-state index >= 15 is 0 Å². The van der Waals surface area contributed by atoms with E-state index < -0.39 is 0 Å². The number of hydrogen-bond donors (Lipinski definition) is 1. The van der Waals surface area contributed by atoms with Crippen LogP contribution in [-0.4, -0.2) is 6.54 Å². The van der Waals surface area contributed by atoms with Gasteiger partial charge in [0.2, 0.25) is 0 Å². The van der Waals surface area contributed by atoms with Crippen LogP contribution in [0.3, 0.4) is 0 Å². The fourth-order valence-corrected chi connectivity index (χ4v) is 3.38. The molecule has 1 aliphatic carbocycles. The zero-order valence-electron chi connectivity index (χ0n) is 10.1. The Morgan fingerprint density at radius 1 is 1.38 bits per heavy atom. The lowest BCUT2D eigenvalue weighted by molar-refractivity contribution is 0.253. The van der Waals surface area contributed by atoms with E-state index in [1.165, 1.54) is 34.9 Å². The standard InChI is InChI=1S/C14H20BrN/c1-10(2)12-5-4-11(8-13(12)15)14(9-16)6-3-7-14/h4-5,8,10H,3,6-7,9,16H2,1-2H3. The molecular formula is C14H20BrN. The summed E-state index contributed by atoms with van der Waals surface area (Å²) in [6.45, 7) is 5.23. The predicted octanol–water partition coefficient (Wildman–Crippen LogP) is 3.95. The van der Waals surface area contributed by atoms with Crippen LogP contribution in [-0.2, 0) is 5.41 Å². The van der Waals surface area contributed by atoms with Gasteiger partial charge in [0.05, 0.1) is 0 Å². The summed E-state index contributed by atoms with van der Waals surface area (Å²) in [5, 5.41) is 0. The molecule has 0 amide bonds. The summed E-state index contributed by atoms with van der Waals surface area (Å²) in [6.07, 6.45) is 3.81. The van der Waals surface area contributed by atoms with E-state index in [1.54, 1.807) is 0 Å². The number of halogens is 1. The molecule has 0 unspecified atom stereocenters. The molecule has 0 atom stereocenters. The highest BCUT2D eigenvalue weighted by atomic mass is 79.9. The molecule has 1 aliphatic rings. The first kappa shape index (κ1) is 12.1. The van der Waals surface area contributed by atoms with Gasteiger partial charge < -0.3 is 5.73 Å². The molecule has 16 heavy (non-hydrogen) atoms.